The van der Waals surface area contributed by atoms with Gasteiger partial charge in [0.2, 0.25) is 0 Å². The molecular formula is C29H23N3. The van der Waals surface area contributed by atoms with Gasteiger partial charge in [-0.3, -0.25) is 4.40 Å². The first-order valence-corrected chi connectivity index (χ1v) is 10.9. The molecule has 0 unspecified atom stereocenters. The number of aromatic nitrogens is 3. The SMILES string of the molecule is Cc1cc(C)c(-c2nc3cc(-c4ccccc4)ccc3c3nc4ccccc4n23)c(C)c1. The summed E-state index contributed by atoms with van der Waals surface area (Å²) in [5, 5.41) is 1.06. The van der Waals surface area contributed by atoms with E-state index in [4.69, 9.17) is 9.97 Å². The zero-order valence-electron chi connectivity index (χ0n) is 18.4. The van der Waals surface area contributed by atoms with Gasteiger partial charge in [0.25, 0.3) is 0 Å². The molecule has 0 saturated carbocycles. The lowest BCUT2D eigenvalue weighted by molar-refractivity contribution is 1.14. The molecule has 6 aromatic rings. The van der Waals surface area contributed by atoms with Gasteiger partial charge in [-0.1, -0.05) is 66.2 Å². The number of hydrogen-bond acceptors (Lipinski definition) is 2. The molecule has 32 heavy (non-hydrogen) atoms. The maximum Gasteiger partial charge on any atom is 0.149 e. The molecule has 0 bridgehead atoms. The monoisotopic (exact) mass is 413 g/mol. The molecule has 0 fully saturated rings. The third-order valence-corrected chi connectivity index (χ3v) is 6.25. The van der Waals surface area contributed by atoms with Gasteiger partial charge >= 0.3 is 0 Å². The highest BCUT2D eigenvalue weighted by Gasteiger charge is 2.18. The Morgan fingerprint density at radius 1 is 0.625 bits per heavy atom. The van der Waals surface area contributed by atoms with Crippen LogP contribution in [-0.4, -0.2) is 14.4 Å². The molecule has 3 nitrogen and oxygen atoms in total. The summed E-state index contributed by atoms with van der Waals surface area (Å²) >= 11 is 0. The second-order valence-electron chi connectivity index (χ2n) is 8.57. The van der Waals surface area contributed by atoms with E-state index >= 15 is 0 Å². The summed E-state index contributed by atoms with van der Waals surface area (Å²) < 4.78 is 2.23. The number of hydrogen-bond donors (Lipinski definition) is 0. The van der Waals surface area contributed by atoms with E-state index in [-0.39, 0.29) is 0 Å². The standard InChI is InChI=1S/C29H23N3/c1-18-15-19(2)27(20(3)16-18)29-31-25-17-22(21-9-5-4-6-10-21)13-14-23(25)28-30-24-11-7-8-12-26(24)32(28)29/h4-17H,1-3H3. The van der Waals surface area contributed by atoms with Crippen molar-refractivity contribution < 1.29 is 0 Å². The van der Waals surface area contributed by atoms with Crippen LogP contribution < -0.4 is 0 Å². The zero-order valence-corrected chi connectivity index (χ0v) is 18.4. The fraction of sp³-hybridized carbons (Fsp3) is 0.103. The molecule has 4 aromatic carbocycles. The van der Waals surface area contributed by atoms with Gasteiger partial charge in [0.1, 0.15) is 11.5 Å². The molecule has 0 aliphatic carbocycles. The van der Waals surface area contributed by atoms with Crippen molar-refractivity contribution in [1.29, 1.82) is 0 Å². The van der Waals surface area contributed by atoms with E-state index in [1.54, 1.807) is 0 Å². The molecule has 0 radical (unpaired) electrons. The number of fused-ring (bicyclic) bond motifs is 5. The molecule has 6 rings (SSSR count). The Morgan fingerprint density at radius 3 is 2.12 bits per heavy atom. The average Bonchev–Trinajstić information content (AvgIpc) is 3.19. The second kappa shape index (κ2) is 7.03. The summed E-state index contributed by atoms with van der Waals surface area (Å²) in [5.41, 5.74) is 11.2. The topological polar surface area (TPSA) is 30.2 Å². The van der Waals surface area contributed by atoms with Crippen molar-refractivity contribution in [2.75, 3.05) is 0 Å². The first-order valence-electron chi connectivity index (χ1n) is 10.9. The second-order valence-corrected chi connectivity index (χ2v) is 8.57. The van der Waals surface area contributed by atoms with Crippen molar-refractivity contribution in [3.05, 3.63) is 102 Å². The Hall–Kier alpha value is -3.98. The minimum Gasteiger partial charge on any atom is -0.276 e. The van der Waals surface area contributed by atoms with Gasteiger partial charge in [-0.05, 0) is 67.3 Å². The third kappa shape index (κ3) is 2.82. The highest BCUT2D eigenvalue weighted by Crippen LogP contribution is 2.34. The van der Waals surface area contributed by atoms with Gasteiger partial charge in [-0.25, -0.2) is 9.97 Å². The number of para-hydroxylation sites is 2. The molecule has 0 aliphatic rings. The Bertz CT molecular complexity index is 1620. The van der Waals surface area contributed by atoms with Crippen molar-refractivity contribution in [3.63, 3.8) is 0 Å². The molecule has 0 aliphatic heterocycles. The van der Waals surface area contributed by atoms with E-state index in [9.17, 15) is 0 Å². The molecular weight excluding hydrogens is 390 g/mol. The predicted molar refractivity (Wildman–Crippen MR) is 133 cm³/mol. The van der Waals surface area contributed by atoms with Crippen LogP contribution in [-0.2, 0) is 0 Å². The fourth-order valence-corrected chi connectivity index (χ4v) is 4.91. The van der Waals surface area contributed by atoms with Gasteiger partial charge < -0.3 is 0 Å². The Labute approximate surface area is 187 Å². The summed E-state index contributed by atoms with van der Waals surface area (Å²) in [5.74, 6) is 0.946. The maximum atomic E-state index is 5.26. The Kier molecular flexibility index (Phi) is 4.12. The lowest BCUT2D eigenvalue weighted by Crippen LogP contribution is -2.01. The third-order valence-electron chi connectivity index (χ3n) is 6.25. The molecule has 0 spiro atoms. The van der Waals surface area contributed by atoms with Crippen molar-refractivity contribution in [2.45, 2.75) is 20.8 Å². The van der Waals surface area contributed by atoms with Crippen LogP contribution in [0, 0.1) is 20.8 Å². The van der Waals surface area contributed by atoms with Crippen molar-refractivity contribution in [1.82, 2.24) is 14.4 Å². The van der Waals surface area contributed by atoms with Gasteiger partial charge in [-0.15, -0.1) is 0 Å². The highest BCUT2D eigenvalue weighted by molar-refractivity contribution is 6.00. The van der Waals surface area contributed by atoms with Crippen molar-refractivity contribution in [2.24, 2.45) is 0 Å². The maximum absolute atomic E-state index is 5.26. The highest BCUT2D eigenvalue weighted by atomic mass is 15.1. The van der Waals surface area contributed by atoms with E-state index in [0.717, 1.165) is 39.0 Å². The number of benzene rings is 4. The number of rotatable bonds is 2. The molecule has 154 valence electrons. The average molecular weight is 414 g/mol. The fourth-order valence-electron chi connectivity index (χ4n) is 4.91. The molecule has 2 aromatic heterocycles. The first kappa shape index (κ1) is 18.8. The smallest absolute Gasteiger partial charge is 0.149 e. The van der Waals surface area contributed by atoms with Crippen LogP contribution >= 0.6 is 0 Å². The Balaban J connectivity index is 1.76. The van der Waals surface area contributed by atoms with Gasteiger partial charge in [0.05, 0.1) is 16.6 Å². The van der Waals surface area contributed by atoms with Crippen LogP contribution in [0.15, 0.2) is 84.9 Å². The molecule has 0 N–H and O–H groups in total. The van der Waals surface area contributed by atoms with E-state index in [1.807, 2.05) is 12.1 Å². The lowest BCUT2D eigenvalue weighted by atomic mass is 9.98. The predicted octanol–water partition coefficient (Wildman–Crippen LogP) is 7.29. The van der Waals surface area contributed by atoms with Gasteiger partial charge in [0, 0.05) is 10.9 Å². The Morgan fingerprint density at radius 2 is 1.34 bits per heavy atom. The zero-order chi connectivity index (χ0) is 21.8. The largest absolute Gasteiger partial charge is 0.276 e. The minimum absolute atomic E-state index is 0.946. The van der Waals surface area contributed by atoms with E-state index in [2.05, 4.69) is 98.0 Å². The minimum atomic E-state index is 0.946. The van der Waals surface area contributed by atoms with Crippen LogP contribution in [0.25, 0.3) is 50.1 Å². The van der Waals surface area contributed by atoms with E-state index < -0.39 is 0 Å². The molecule has 0 amide bonds. The first-order chi connectivity index (χ1) is 15.6. The van der Waals surface area contributed by atoms with E-state index in [0.29, 0.717) is 0 Å². The van der Waals surface area contributed by atoms with Crippen LogP contribution in [0.1, 0.15) is 16.7 Å². The number of aryl methyl sites for hydroxylation is 3. The molecule has 3 heteroatoms. The molecule has 2 heterocycles. The summed E-state index contributed by atoms with van der Waals surface area (Å²) in [6.07, 6.45) is 0. The summed E-state index contributed by atoms with van der Waals surface area (Å²) in [6.45, 7) is 6.49. The van der Waals surface area contributed by atoms with Crippen LogP contribution in [0.5, 0.6) is 0 Å². The van der Waals surface area contributed by atoms with Gasteiger partial charge in [0.15, 0.2) is 0 Å². The van der Waals surface area contributed by atoms with E-state index in [1.165, 1.54) is 27.8 Å². The lowest BCUT2D eigenvalue weighted by Gasteiger charge is -2.15. The van der Waals surface area contributed by atoms with Crippen LogP contribution in [0.4, 0.5) is 0 Å². The summed E-state index contributed by atoms with van der Waals surface area (Å²) in [4.78, 5) is 10.3. The summed E-state index contributed by atoms with van der Waals surface area (Å²) in [6, 6.07) is 29.8. The number of nitrogens with zero attached hydrogens (tertiary/aromatic N) is 3. The normalized spacial score (nSPS) is 11.6. The van der Waals surface area contributed by atoms with Crippen LogP contribution in [0.3, 0.4) is 0 Å². The molecule has 0 atom stereocenters. The summed E-state index contributed by atoms with van der Waals surface area (Å²) in [7, 11) is 0. The van der Waals surface area contributed by atoms with Crippen molar-refractivity contribution in [3.8, 4) is 22.5 Å². The van der Waals surface area contributed by atoms with Gasteiger partial charge in [-0.2, -0.15) is 0 Å². The van der Waals surface area contributed by atoms with Crippen molar-refractivity contribution >= 4 is 27.6 Å². The molecule has 0 saturated heterocycles. The number of imidazole rings is 1. The quantitative estimate of drug-likeness (QED) is 0.298. The van der Waals surface area contributed by atoms with Crippen LogP contribution in [0.2, 0.25) is 0 Å².